The molecule has 1 aliphatic carbocycles. The second-order valence-corrected chi connectivity index (χ2v) is 15.8. The first-order chi connectivity index (χ1) is 16.2. The van der Waals surface area contributed by atoms with Crippen molar-refractivity contribution in [2.75, 3.05) is 0 Å². The number of esters is 1. The molecule has 1 aromatic carbocycles. The molecule has 1 spiro atoms. The molecule has 2 saturated heterocycles. The highest BCUT2D eigenvalue weighted by atomic mass is 28.3. The predicted molar refractivity (Wildman–Crippen MR) is 133 cm³/mol. The molecule has 6 atom stereocenters. The number of aliphatic hydroxyl groups is 1. The standard InChI is InChI=1S/C27H38O6Si/c1-5-12-21-23(31-26(29)19-13-8-6-9-14-19)25-24(32-27(33-25)16-10-7-11-17-27)22(30-21)20(28)15-18-34(2,3)4/h5-6,8-9,13-15,18,20-25,28H,1,7,10-12,16-17H2,2-4H3/b18-15+/t20-,21?,22-,23-,24+,25-/m0/s1. The van der Waals surface area contributed by atoms with Crippen LogP contribution in [0.5, 0.6) is 0 Å². The summed E-state index contributed by atoms with van der Waals surface area (Å²) < 4.78 is 25.6. The molecule has 34 heavy (non-hydrogen) atoms. The number of hydrogen-bond donors (Lipinski definition) is 1. The van der Waals surface area contributed by atoms with Crippen LogP contribution in [0.25, 0.3) is 0 Å². The van der Waals surface area contributed by atoms with Crippen molar-refractivity contribution in [2.24, 2.45) is 0 Å². The lowest BCUT2D eigenvalue weighted by Gasteiger charge is -2.42. The van der Waals surface area contributed by atoms with Gasteiger partial charge in [0.25, 0.3) is 0 Å². The Kier molecular flexibility index (Phi) is 7.79. The third-order valence-electron chi connectivity index (χ3n) is 6.77. The van der Waals surface area contributed by atoms with Crippen molar-refractivity contribution in [1.82, 2.24) is 0 Å². The van der Waals surface area contributed by atoms with Gasteiger partial charge in [0.2, 0.25) is 0 Å². The fourth-order valence-corrected chi connectivity index (χ4v) is 5.87. The average molecular weight is 487 g/mol. The van der Waals surface area contributed by atoms with E-state index in [9.17, 15) is 9.90 Å². The van der Waals surface area contributed by atoms with Crippen molar-refractivity contribution in [3.63, 3.8) is 0 Å². The second kappa shape index (κ2) is 10.5. The van der Waals surface area contributed by atoms with Gasteiger partial charge in [-0.1, -0.05) is 62.1 Å². The van der Waals surface area contributed by atoms with Gasteiger partial charge in [-0.3, -0.25) is 0 Å². The van der Waals surface area contributed by atoms with Gasteiger partial charge in [0.1, 0.15) is 30.5 Å². The van der Waals surface area contributed by atoms with Crippen LogP contribution in [-0.4, -0.2) is 61.6 Å². The molecule has 2 aliphatic heterocycles. The Morgan fingerprint density at radius 2 is 1.85 bits per heavy atom. The van der Waals surface area contributed by atoms with Crippen LogP contribution in [0.15, 0.2) is 54.8 Å². The fourth-order valence-electron chi connectivity index (χ4n) is 5.09. The van der Waals surface area contributed by atoms with E-state index in [1.165, 1.54) is 0 Å². The van der Waals surface area contributed by atoms with Crippen molar-refractivity contribution in [2.45, 2.75) is 101 Å². The minimum Gasteiger partial charge on any atom is -0.453 e. The van der Waals surface area contributed by atoms with E-state index in [-0.39, 0.29) is 0 Å². The molecule has 186 valence electrons. The Morgan fingerprint density at radius 3 is 2.50 bits per heavy atom. The van der Waals surface area contributed by atoms with Crippen LogP contribution in [0.2, 0.25) is 19.6 Å². The number of aliphatic hydroxyl groups excluding tert-OH is 1. The number of benzene rings is 1. The van der Waals surface area contributed by atoms with Gasteiger partial charge in [0, 0.05) is 12.8 Å². The maximum absolute atomic E-state index is 13.0. The minimum absolute atomic E-state index is 0.423. The van der Waals surface area contributed by atoms with E-state index in [1.807, 2.05) is 12.1 Å². The first-order valence-corrected chi connectivity index (χ1v) is 16.0. The maximum atomic E-state index is 13.0. The number of carbonyl (C=O) groups excluding carboxylic acids is 1. The highest BCUT2D eigenvalue weighted by Crippen LogP contribution is 2.46. The molecule has 1 N–H and O–H groups in total. The van der Waals surface area contributed by atoms with E-state index in [1.54, 1.807) is 30.3 Å². The third-order valence-corrected chi connectivity index (χ3v) is 7.96. The molecule has 0 radical (unpaired) electrons. The summed E-state index contributed by atoms with van der Waals surface area (Å²) in [5.74, 6) is -1.13. The van der Waals surface area contributed by atoms with Crippen molar-refractivity contribution in [3.05, 3.63) is 60.3 Å². The summed E-state index contributed by atoms with van der Waals surface area (Å²) >= 11 is 0. The van der Waals surface area contributed by atoms with Crippen LogP contribution in [0.3, 0.4) is 0 Å². The number of rotatable bonds is 7. The lowest BCUT2D eigenvalue weighted by molar-refractivity contribution is -0.207. The number of hydrogen-bond acceptors (Lipinski definition) is 6. The Bertz CT molecular complexity index is 873. The first kappa shape index (κ1) is 25.3. The van der Waals surface area contributed by atoms with Crippen LogP contribution in [-0.2, 0) is 18.9 Å². The van der Waals surface area contributed by atoms with Gasteiger partial charge in [-0.15, -0.1) is 6.58 Å². The van der Waals surface area contributed by atoms with Gasteiger partial charge in [0.05, 0.1) is 13.6 Å². The molecule has 1 aromatic rings. The molecule has 3 aliphatic rings. The zero-order chi connectivity index (χ0) is 24.3. The molecule has 2 heterocycles. The normalized spacial score (nSPS) is 31.8. The highest BCUT2D eigenvalue weighted by Gasteiger charge is 2.60. The lowest BCUT2D eigenvalue weighted by atomic mass is 9.90. The number of ether oxygens (including phenoxy) is 4. The fraction of sp³-hybridized carbons (Fsp3) is 0.593. The average Bonchev–Trinajstić information content (AvgIpc) is 3.17. The molecule has 0 amide bonds. The summed E-state index contributed by atoms with van der Waals surface area (Å²) in [6.07, 6.45) is 5.15. The van der Waals surface area contributed by atoms with E-state index in [4.69, 9.17) is 18.9 Å². The van der Waals surface area contributed by atoms with E-state index >= 15 is 0 Å². The molecule has 1 saturated carbocycles. The van der Waals surface area contributed by atoms with Crippen LogP contribution >= 0.6 is 0 Å². The summed E-state index contributed by atoms with van der Waals surface area (Å²) in [6, 6.07) is 8.93. The zero-order valence-electron chi connectivity index (χ0n) is 20.5. The smallest absolute Gasteiger partial charge is 0.338 e. The Labute approximate surface area is 203 Å². The van der Waals surface area contributed by atoms with Crippen molar-refractivity contribution in [1.29, 1.82) is 0 Å². The van der Waals surface area contributed by atoms with E-state index in [0.29, 0.717) is 12.0 Å². The van der Waals surface area contributed by atoms with E-state index in [0.717, 1.165) is 32.1 Å². The topological polar surface area (TPSA) is 74.2 Å². The molecule has 0 aromatic heterocycles. The predicted octanol–water partition coefficient (Wildman–Crippen LogP) is 4.79. The van der Waals surface area contributed by atoms with Gasteiger partial charge in [-0.25, -0.2) is 4.79 Å². The largest absolute Gasteiger partial charge is 0.453 e. The molecule has 3 fully saturated rings. The molecule has 4 rings (SSSR count). The van der Waals surface area contributed by atoms with Gasteiger partial charge in [-0.05, 0) is 31.4 Å². The minimum atomic E-state index is -1.51. The van der Waals surface area contributed by atoms with Crippen molar-refractivity contribution in [3.8, 4) is 0 Å². The van der Waals surface area contributed by atoms with Gasteiger partial charge < -0.3 is 24.1 Å². The second-order valence-electron chi connectivity index (χ2n) is 10.8. The van der Waals surface area contributed by atoms with Crippen LogP contribution in [0, 0.1) is 0 Å². The number of carbonyl (C=O) groups is 1. The Morgan fingerprint density at radius 1 is 1.18 bits per heavy atom. The van der Waals surface area contributed by atoms with Crippen molar-refractivity contribution < 1.29 is 28.8 Å². The SMILES string of the molecule is C=CCC1O[C@@H]([C@@H](O)/C=C/[Si](C)(C)C)[C@H]2OC3(CCCCC3)O[C@H]2[C@H]1OC(=O)c1ccccc1. The van der Waals surface area contributed by atoms with E-state index < -0.39 is 56.5 Å². The van der Waals surface area contributed by atoms with Gasteiger partial charge in [0.15, 0.2) is 11.9 Å². The number of fused-ring (bicyclic) bond motifs is 1. The quantitative estimate of drug-likeness (QED) is 0.339. The molecular formula is C27H38O6Si. The monoisotopic (exact) mass is 486 g/mol. The zero-order valence-corrected chi connectivity index (χ0v) is 21.5. The summed E-state index contributed by atoms with van der Waals surface area (Å²) in [5.41, 5.74) is 2.59. The third kappa shape index (κ3) is 5.71. The summed E-state index contributed by atoms with van der Waals surface area (Å²) in [7, 11) is -1.51. The highest BCUT2D eigenvalue weighted by molar-refractivity contribution is 6.80. The van der Waals surface area contributed by atoms with Crippen LogP contribution in [0.4, 0.5) is 0 Å². The summed E-state index contributed by atoms with van der Waals surface area (Å²) in [5, 5.41) is 11.1. The van der Waals surface area contributed by atoms with Crippen LogP contribution in [0.1, 0.15) is 48.9 Å². The first-order valence-electron chi connectivity index (χ1n) is 12.5. The molecular weight excluding hydrogens is 448 g/mol. The van der Waals surface area contributed by atoms with E-state index in [2.05, 4.69) is 31.9 Å². The molecule has 1 unspecified atom stereocenters. The van der Waals surface area contributed by atoms with Crippen molar-refractivity contribution >= 4 is 14.0 Å². The van der Waals surface area contributed by atoms with Crippen LogP contribution < -0.4 is 0 Å². The van der Waals surface area contributed by atoms with Gasteiger partial charge >= 0.3 is 5.97 Å². The molecule has 7 heteroatoms. The lowest BCUT2D eigenvalue weighted by Crippen LogP contribution is -2.60. The Balaban J connectivity index is 1.63. The summed E-state index contributed by atoms with van der Waals surface area (Å²) in [6.45, 7) is 10.5. The van der Waals surface area contributed by atoms with Gasteiger partial charge in [-0.2, -0.15) is 0 Å². The Hall–Kier alpha value is -1.77. The summed E-state index contributed by atoms with van der Waals surface area (Å²) in [4.78, 5) is 13.0. The molecule has 6 nitrogen and oxygen atoms in total. The molecule has 0 bridgehead atoms. The maximum Gasteiger partial charge on any atom is 0.338 e.